The Bertz CT molecular complexity index is 1170. The summed E-state index contributed by atoms with van der Waals surface area (Å²) in [6.07, 6.45) is -0.0747. The molecule has 8 heteroatoms. The molecule has 1 N–H and O–H groups in total. The number of carboxylic acids is 1. The number of sulfone groups is 1. The van der Waals surface area contributed by atoms with Crippen molar-refractivity contribution in [3.05, 3.63) is 71.7 Å². The number of halogens is 1. The number of carboxylic acid groups (broad SMARTS) is 1. The van der Waals surface area contributed by atoms with Crippen LogP contribution in [0.4, 0.5) is 4.39 Å². The number of methoxy groups -OCH3 is 1. The predicted octanol–water partition coefficient (Wildman–Crippen LogP) is 3.77. The van der Waals surface area contributed by atoms with E-state index in [2.05, 4.69) is 0 Å². The van der Waals surface area contributed by atoms with Crippen molar-refractivity contribution in [3.63, 3.8) is 0 Å². The van der Waals surface area contributed by atoms with E-state index in [-0.39, 0.29) is 4.90 Å². The predicted molar refractivity (Wildman–Crippen MR) is 106 cm³/mol. The fourth-order valence-corrected chi connectivity index (χ4v) is 3.92. The molecule has 152 valence electrons. The molecular formula is C21H20FNO5S. The van der Waals surface area contributed by atoms with Crippen LogP contribution in [0.1, 0.15) is 17.4 Å². The van der Waals surface area contributed by atoms with Gasteiger partial charge in [0, 0.05) is 30.3 Å². The van der Waals surface area contributed by atoms with E-state index >= 15 is 0 Å². The lowest BCUT2D eigenvalue weighted by Gasteiger charge is -2.14. The zero-order valence-corrected chi connectivity index (χ0v) is 16.9. The molecule has 2 aromatic carbocycles. The molecule has 3 rings (SSSR count). The van der Waals surface area contributed by atoms with E-state index in [1.807, 2.05) is 0 Å². The Labute approximate surface area is 168 Å². The zero-order chi connectivity index (χ0) is 21.3. The van der Waals surface area contributed by atoms with Gasteiger partial charge < -0.3 is 14.4 Å². The molecule has 1 heterocycles. The van der Waals surface area contributed by atoms with E-state index in [0.29, 0.717) is 28.2 Å². The minimum atomic E-state index is -3.36. The molecule has 0 saturated heterocycles. The minimum absolute atomic E-state index is 0.169. The normalized spacial score (nSPS) is 12.7. The van der Waals surface area contributed by atoms with Crippen LogP contribution in [0.5, 0.6) is 0 Å². The highest BCUT2D eigenvalue weighted by atomic mass is 32.2. The van der Waals surface area contributed by atoms with E-state index in [4.69, 9.17) is 4.74 Å². The molecule has 0 aliphatic heterocycles. The number of hydrogen-bond donors (Lipinski definition) is 1. The van der Waals surface area contributed by atoms with Crippen molar-refractivity contribution >= 4 is 15.8 Å². The average Bonchev–Trinajstić information content (AvgIpc) is 2.98. The Balaban J connectivity index is 2.26. The lowest BCUT2D eigenvalue weighted by molar-refractivity contribution is -0.148. The van der Waals surface area contributed by atoms with Crippen LogP contribution in [0.25, 0.3) is 16.9 Å². The number of carbonyl (C=O) groups is 1. The maximum Gasteiger partial charge on any atom is 0.337 e. The van der Waals surface area contributed by atoms with Crippen LogP contribution in [0.2, 0.25) is 0 Å². The van der Waals surface area contributed by atoms with Gasteiger partial charge in [0.1, 0.15) is 5.82 Å². The Morgan fingerprint density at radius 1 is 1.14 bits per heavy atom. The molecule has 3 aromatic rings. The first kappa shape index (κ1) is 20.8. The number of nitrogens with zero attached hydrogens (tertiary/aromatic N) is 1. The molecule has 0 aliphatic rings. The summed E-state index contributed by atoms with van der Waals surface area (Å²) in [6, 6.07) is 13.8. The number of rotatable bonds is 6. The molecule has 0 bridgehead atoms. The molecule has 0 radical (unpaired) electrons. The van der Waals surface area contributed by atoms with Gasteiger partial charge >= 0.3 is 5.97 Å². The van der Waals surface area contributed by atoms with Crippen LogP contribution >= 0.6 is 0 Å². The van der Waals surface area contributed by atoms with Crippen LogP contribution < -0.4 is 0 Å². The third-order valence-corrected chi connectivity index (χ3v) is 5.80. The van der Waals surface area contributed by atoms with Crippen molar-refractivity contribution in [2.75, 3.05) is 13.4 Å². The van der Waals surface area contributed by atoms with Crippen molar-refractivity contribution in [1.82, 2.24) is 4.57 Å². The van der Waals surface area contributed by atoms with E-state index in [0.717, 1.165) is 6.26 Å². The fourth-order valence-electron chi connectivity index (χ4n) is 3.29. The largest absolute Gasteiger partial charge is 0.479 e. The monoisotopic (exact) mass is 417 g/mol. The molecule has 0 fully saturated rings. The van der Waals surface area contributed by atoms with Crippen LogP contribution in [-0.4, -0.2) is 37.4 Å². The first-order valence-electron chi connectivity index (χ1n) is 8.67. The van der Waals surface area contributed by atoms with E-state index in [1.165, 1.54) is 31.4 Å². The standard InChI is InChI=1S/C21H20FNO5S/c1-13-18(20(28-2)21(24)25)12-19(23(13)16-6-4-5-15(22)11-16)14-7-9-17(10-8-14)29(3,26)27/h4-12,20H,1-3H3,(H,24,25)/t20-/m1/s1. The smallest absolute Gasteiger partial charge is 0.337 e. The molecular weight excluding hydrogens is 397 g/mol. The topological polar surface area (TPSA) is 85.6 Å². The van der Waals surface area contributed by atoms with Gasteiger partial charge in [-0.05, 0) is 48.9 Å². The average molecular weight is 417 g/mol. The van der Waals surface area contributed by atoms with Gasteiger partial charge in [0.25, 0.3) is 0 Å². The summed E-state index contributed by atoms with van der Waals surface area (Å²) in [5, 5.41) is 9.50. The summed E-state index contributed by atoms with van der Waals surface area (Å²) < 4.78 is 44.2. The maximum atomic E-state index is 13.9. The highest BCUT2D eigenvalue weighted by Gasteiger charge is 2.26. The second-order valence-electron chi connectivity index (χ2n) is 6.64. The number of benzene rings is 2. The summed E-state index contributed by atoms with van der Waals surface area (Å²) in [5.74, 6) is -1.58. The van der Waals surface area contributed by atoms with Gasteiger partial charge in [0.05, 0.1) is 10.6 Å². The molecule has 0 aliphatic carbocycles. The highest BCUT2D eigenvalue weighted by molar-refractivity contribution is 7.90. The van der Waals surface area contributed by atoms with Crippen LogP contribution in [-0.2, 0) is 19.4 Å². The van der Waals surface area contributed by atoms with Crippen molar-refractivity contribution < 1.29 is 27.4 Å². The Hall–Kier alpha value is -2.97. The highest BCUT2D eigenvalue weighted by Crippen LogP contribution is 2.34. The summed E-state index contributed by atoms with van der Waals surface area (Å²) >= 11 is 0. The molecule has 0 saturated carbocycles. The van der Waals surface area contributed by atoms with E-state index in [1.54, 1.807) is 41.8 Å². The van der Waals surface area contributed by atoms with E-state index in [9.17, 15) is 22.7 Å². The Morgan fingerprint density at radius 3 is 2.31 bits per heavy atom. The first-order valence-corrected chi connectivity index (χ1v) is 10.6. The van der Waals surface area contributed by atoms with Gasteiger partial charge in [-0.1, -0.05) is 18.2 Å². The van der Waals surface area contributed by atoms with Crippen LogP contribution in [0.3, 0.4) is 0 Å². The lowest BCUT2D eigenvalue weighted by atomic mass is 10.1. The molecule has 29 heavy (non-hydrogen) atoms. The zero-order valence-electron chi connectivity index (χ0n) is 16.1. The summed E-state index contributed by atoms with van der Waals surface area (Å²) in [4.78, 5) is 11.8. The van der Waals surface area contributed by atoms with Gasteiger partial charge in [0.2, 0.25) is 0 Å². The lowest BCUT2D eigenvalue weighted by Crippen LogP contribution is -2.14. The molecule has 1 aromatic heterocycles. The van der Waals surface area contributed by atoms with Crippen LogP contribution in [0.15, 0.2) is 59.5 Å². The molecule has 1 atom stereocenters. The first-order chi connectivity index (χ1) is 13.6. The number of hydrogen-bond acceptors (Lipinski definition) is 4. The number of aliphatic carboxylic acids is 1. The summed E-state index contributed by atoms with van der Waals surface area (Å²) in [7, 11) is -2.05. The molecule has 0 amide bonds. The van der Waals surface area contributed by atoms with Crippen molar-refractivity contribution in [1.29, 1.82) is 0 Å². The van der Waals surface area contributed by atoms with Gasteiger partial charge in [-0.15, -0.1) is 0 Å². The SMILES string of the molecule is CO[C@@H](C(=O)O)c1cc(-c2ccc(S(C)(=O)=O)cc2)n(-c2cccc(F)c2)c1C. The van der Waals surface area contributed by atoms with Crippen molar-refractivity contribution in [3.8, 4) is 16.9 Å². The second-order valence-corrected chi connectivity index (χ2v) is 8.65. The molecule has 0 unspecified atom stereocenters. The number of aromatic nitrogens is 1. The second kappa shape index (κ2) is 7.81. The summed E-state index contributed by atoms with van der Waals surface area (Å²) in [6.45, 7) is 1.73. The Morgan fingerprint density at radius 2 is 1.79 bits per heavy atom. The van der Waals surface area contributed by atoms with E-state index < -0.39 is 27.7 Å². The molecule has 6 nitrogen and oxygen atoms in total. The van der Waals surface area contributed by atoms with Gasteiger partial charge in [-0.25, -0.2) is 17.6 Å². The number of ether oxygens (including phenoxy) is 1. The van der Waals surface area contributed by atoms with Gasteiger partial charge in [0.15, 0.2) is 15.9 Å². The molecule has 0 spiro atoms. The van der Waals surface area contributed by atoms with Crippen molar-refractivity contribution in [2.45, 2.75) is 17.9 Å². The van der Waals surface area contributed by atoms with Crippen LogP contribution in [0, 0.1) is 12.7 Å². The fraction of sp³-hybridized carbons (Fsp3) is 0.190. The minimum Gasteiger partial charge on any atom is -0.479 e. The summed E-state index contributed by atoms with van der Waals surface area (Å²) in [5.41, 5.74) is 2.75. The van der Waals surface area contributed by atoms with Gasteiger partial charge in [-0.2, -0.15) is 0 Å². The third-order valence-electron chi connectivity index (χ3n) is 4.67. The Kier molecular flexibility index (Phi) is 5.59. The quantitative estimate of drug-likeness (QED) is 0.660. The maximum absolute atomic E-state index is 13.9. The third kappa shape index (κ3) is 4.08. The van der Waals surface area contributed by atoms with Crippen molar-refractivity contribution in [2.24, 2.45) is 0 Å². The van der Waals surface area contributed by atoms with Gasteiger partial charge in [-0.3, -0.25) is 0 Å².